The fourth-order valence-corrected chi connectivity index (χ4v) is 2.43. The topological polar surface area (TPSA) is 32.7 Å². The van der Waals surface area contributed by atoms with E-state index in [1.54, 1.807) is 11.9 Å². The molecule has 84 valence electrons. The molecule has 5 heteroatoms. The molecule has 0 bridgehead atoms. The summed E-state index contributed by atoms with van der Waals surface area (Å²) in [6.45, 7) is 1.92. The third-order valence-electron chi connectivity index (χ3n) is 2.44. The van der Waals surface area contributed by atoms with Crippen LogP contribution >= 0.6 is 23.4 Å². The molecule has 1 saturated heterocycles. The lowest BCUT2D eigenvalue weighted by Gasteiger charge is -2.09. The lowest BCUT2D eigenvalue weighted by Crippen LogP contribution is -2.24. The highest BCUT2D eigenvalue weighted by Gasteiger charge is 2.24. The Morgan fingerprint density at radius 1 is 1.50 bits per heavy atom. The number of hydrogen-bond acceptors (Lipinski definition) is 3. The predicted molar refractivity (Wildman–Crippen MR) is 68.5 cm³/mol. The second-order valence-electron chi connectivity index (χ2n) is 3.52. The van der Waals surface area contributed by atoms with Crippen molar-refractivity contribution in [3.8, 4) is 0 Å². The molecule has 1 aromatic carbocycles. The van der Waals surface area contributed by atoms with Crippen molar-refractivity contribution in [2.75, 3.05) is 12.8 Å². The number of carbonyl (C=O) groups is 1. The summed E-state index contributed by atoms with van der Waals surface area (Å²) in [5.41, 5.74) is 1.75. The van der Waals surface area contributed by atoms with Crippen molar-refractivity contribution < 1.29 is 4.79 Å². The molecule has 0 aromatic heterocycles. The highest BCUT2D eigenvalue weighted by atomic mass is 35.5. The van der Waals surface area contributed by atoms with Crippen LogP contribution in [-0.4, -0.2) is 28.8 Å². The van der Waals surface area contributed by atoms with E-state index in [4.69, 9.17) is 11.6 Å². The van der Waals surface area contributed by atoms with Gasteiger partial charge in [0, 0.05) is 12.1 Å². The Bertz CT molecular complexity index is 473. The number of hydrogen-bond donors (Lipinski definition) is 0. The maximum Gasteiger partial charge on any atom is 0.238 e. The van der Waals surface area contributed by atoms with Crippen LogP contribution in [0.3, 0.4) is 0 Å². The van der Waals surface area contributed by atoms with E-state index in [1.165, 1.54) is 11.8 Å². The third kappa shape index (κ3) is 2.08. The average molecular weight is 255 g/mol. The standard InChI is InChI=1S/C11H11ClN2OS/c1-7-8(12)4-3-5-9(7)13-11-14(2)10(15)6-16-11/h3-5H,6H2,1-2H3. The molecular weight excluding hydrogens is 244 g/mol. The second-order valence-corrected chi connectivity index (χ2v) is 4.87. The minimum atomic E-state index is 0.0865. The molecule has 0 spiro atoms. The minimum Gasteiger partial charge on any atom is -0.294 e. The number of carbonyl (C=O) groups excluding carboxylic acids is 1. The van der Waals surface area contributed by atoms with Crippen LogP contribution in [0.5, 0.6) is 0 Å². The molecule has 16 heavy (non-hydrogen) atoms. The van der Waals surface area contributed by atoms with Crippen molar-refractivity contribution >= 4 is 40.1 Å². The van der Waals surface area contributed by atoms with E-state index in [2.05, 4.69) is 4.99 Å². The van der Waals surface area contributed by atoms with E-state index >= 15 is 0 Å². The molecule has 1 aromatic rings. The highest BCUT2D eigenvalue weighted by Crippen LogP contribution is 2.28. The van der Waals surface area contributed by atoms with Gasteiger partial charge in [-0.05, 0) is 24.6 Å². The number of benzene rings is 1. The lowest BCUT2D eigenvalue weighted by molar-refractivity contribution is -0.123. The Balaban J connectivity index is 2.37. The van der Waals surface area contributed by atoms with Crippen molar-refractivity contribution in [3.63, 3.8) is 0 Å². The Labute approximate surface area is 103 Å². The van der Waals surface area contributed by atoms with Crippen LogP contribution in [0.4, 0.5) is 5.69 Å². The third-order valence-corrected chi connectivity index (χ3v) is 3.87. The summed E-state index contributed by atoms with van der Waals surface area (Å²) in [4.78, 5) is 17.3. The van der Waals surface area contributed by atoms with Gasteiger partial charge in [0.1, 0.15) is 0 Å². The van der Waals surface area contributed by atoms with Gasteiger partial charge in [-0.1, -0.05) is 29.4 Å². The highest BCUT2D eigenvalue weighted by molar-refractivity contribution is 8.15. The number of thioether (sulfide) groups is 1. The summed E-state index contributed by atoms with van der Waals surface area (Å²) < 4.78 is 0. The predicted octanol–water partition coefficient (Wildman–Crippen LogP) is 2.84. The van der Waals surface area contributed by atoms with E-state index in [0.29, 0.717) is 10.8 Å². The number of nitrogens with zero attached hydrogens (tertiary/aromatic N) is 2. The Hall–Kier alpha value is -1.00. The fraction of sp³-hybridized carbons (Fsp3) is 0.273. The van der Waals surface area contributed by atoms with E-state index in [9.17, 15) is 4.79 Å². The molecular formula is C11H11ClN2OS. The van der Waals surface area contributed by atoms with Gasteiger partial charge in [-0.2, -0.15) is 0 Å². The summed E-state index contributed by atoms with van der Waals surface area (Å²) in [6, 6.07) is 5.58. The van der Waals surface area contributed by atoms with Crippen molar-refractivity contribution in [1.29, 1.82) is 0 Å². The average Bonchev–Trinajstić information content (AvgIpc) is 2.57. The molecule has 3 nitrogen and oxygen atoms in total. The quantitative estimate of drug-likeness (QED) is 0.772. The molecule has 1 aliphatic heterocycles. The van der Waals surface area contributed by atoms with Gasteiger partial charge in [-0.25, -0.2) is 4.99 Å². The molecule has 0 saturated carbocycles. The van der Waals surface area contributed by atoms with Crippen molar-refractivity contribution in [1.82, 2.24) is 4.90 Å². The van der Waals surface area contributed by atoms with Gasteiger partial charge in [0.15, 0.2) is 5.17 Å². The summed E-state index contributed by atoms with van der Waals surface area (Å²) in [7, 11) is 1.74. The Morgan fingerprint density at radius 3 is 2.88 bits per heavy atom. The van der Waals surface area contributed by atoms with E-state index in [1.807, 2.05) is 25.1 Å². The molecule has 0 radical (unpaired) electrons. The number of halogens is 1. The molecule has 1 fully saturated rings. The maximum absolute atomic E-state index is 11.3. The van der Waals surface area contributed by atoms with Gasteiger partial charge in [-0.15, -0.1) is 0 Å². The van der Waals surface area contributed by atoms with E-state index in [-0.39, 0.29) is 5.91 Å². The molecule has 1 heterocycles. The molecule has 0 unspecified atom stereocenters. The van der Waals surface area contributed by atoms with Crippen LogP contribution in [-0.2, 0) is 4.79 Å². The molecule has 0 N–H and O–H groups in total. The monoisotopic (exact) mass is 254 g/mol. The molecule has 0 atom stereocenters. The zero-order valence-corrected chi connectivity index (χ0v) is 10.6. The minimum absolute atomic E-state index is 0.0865. The first-order valence-corrected chi connectivity index (χ1v) is 6.19. The van der Waals surface area contributed by atoms with Crippen LogP contribution in [0, 0.1) is 6.92 Å². The van der Waals surface area contributed by atoms with Crippen molar-refractivity contribution in [2.24, 2.45) is 4.99 Å². The Morgan fingerprint density at radius 2 is 2.25 bits per heavy atom. The van der Waals surface area contributed by atoms with Gasteiger partial charge in [-0.3, -0.25) is 9.69 Å². The zero-order valence-electron chi connectivity index (χ0n) is 9.03. The largest absolute Gasteiger partial charge is 0.294 e. The fourth-order valence-electron chi connectivity index (χ4n) is 1.35. The molecule has 1 amide bonds. The number of rotatable bonds is 1. The summed E-state index contributed by atoms with van der Waals surface area (Å²) in [5.74, 6) is 0.554. The van der Waals surface area contributed by atoms with Crippen LogP contribution in [0.1, 0.15) is 5.56 Å². The van der Waals surface area contributed by atoms with Gasteiger partial charge in [0.25, 0.3) is 0 Å². The van der Waals surface area contributed by atoms with E-state index in [0.717, 1.165) is 16.4 Å². The first kappa shape index (κ1) is 11.5. The number of amides is 1. The number of amidine groups is 1. The van der Waals surface area contributed by atoms with Crippen LogP contribution in [0.2, 0.25) is 5.02 Å². The van der Waals surface area contributed by atoms with Crippen LogP contribution in [0.25, 0.3) is 0 Å². The first-order valence-electron chi connectivity index (χ1n) is 4.83. The maximum atomic E-state index is 11.3. The van der Waals surface area contributed by atoms with Crippen LogP contribution in [0.15, 0.2) is 23.2 Å². The van der Waals surface area contributed by atoms with Crippen LogP contribution < -0.4 is 0 Å². The van der Waals surface area contributed by atoms with Gasteiger partial charge in [0.05, 0.1) is 11.4 Å². The summed E-state index contributed by atoms with van der Waals surface area (Å²) in [5, 5.41) is 1.43. The van der Waals surface area contributed by atoms with E-state index < -0.39 is 0 Å². The van der Waals surface area contributed by atoms with Gasteiger partial charge in [0.2, 0.25) is 5.91 Å². The molecule has 1 aliphatic rings. The first-order chi connectivity index (χ1) is 7.59. The molecule has 0 aliphatic carbocycles. The van der Waals surface area contributed by atoms with Gasteiger partial charge < -0.3 is 0 Å². The van der Waals surface area contributed by atoms with Gasteiger partial charge >= 0.3 is 0 Å². The SMILES string of the molecule is Cc1c(Cl)cccc1N=C1SCC(=O)N1C. The van der Waals surface area contributed by atoms with Crippen molar-refractivity contribution in [3.05, 3.63) is 28.8 Å². The smallest absolute Gasteiger partial charge is 0.238 e. The lowest BCUT2D eigenvalue weighted by atomic mass is 10.2. The zero-order chi connectivity index (χ0) is 11.7. The Kier molecular flexibility index (Phi) is 3.21. The normalized spacial score (nSPS) is 18.6. The second kappa shape index (κ2) is 4.47. The summed E-state index contributed by atoms with van der Waals surface area (Å²) in [6.07, 6.45) is 0. The van der Waals surface area contributed by atoms with Crippen molar-refractivity contribution in [2.45, 2.75) is 6.92 Å². The molecule has 2 rings (SSSR count). The summed E-state index contributed by atoms with van der Waals surface area (Å²) >= 11 is 7.46. The number of aliphatic imine (C=N–C) groups is 1.